The summed E-state index contributed by atoms with van der Waals surface area (Å²) in [6.07, 6.45) is 4.93. The molecule has 3 aliphatic rings. The Hall–Kier alpha value is -2.63. The molecule has 1 amide bonds. The van der Waals surface area contributed by atoms with Crippen molar-refractivity contribution in [2.45, 2.75) is 77.0 Å². The highest BCUT2D eigenvalue weighted by molar-refractivity contribution is 7.19. The van der Waals surface area contributed by atoms with E-state index in [2.05, 4.69) is 9.88 Å². The lowest BCUT2D eigenvalue weighted by atomic mass is 9.99. The van der Waals surface area contributed by atoms with E-state index < -0.39 is 5.60 Å². The number of pyridine rings is 1. The van der Waals surface area contributed by atoms with Gasteiger partial charge in [-0.2, -0.15) is 0 Å². The monoisotopic (exact) mass is 615 g/mol. The first kappa shape index (κ1) is 29.4. The molecular formula is C31H38ClN3O6S. The van der Waals surface area contributed by atoms with E-state index in [1.165, 1.54) is 11.3 Å². The highest BCUT2D eigenvalue weighted by atomic mass is 35.5. The van der Waals surface area contributed by atoms with E-state index >= 15 is 0 Å². The highest BCUT2D eigenvalue weighted by Crippen LogP contribution is 2.47. The standard InChI is InChI=1S/C31H38ClN3O6S/c1-31(2,3)41-30(37)35-16-20(14-21(35)18-40-27-6-4-5-10-39-27)34-9-11-38-26-13-19(32)12-24(28(26)34)23-7-8-33-25-15-22(17-36)42-29(23)25/h7-8,12-13,15,20-21,27,36H,4-6,9-11,14,16-18H2,1-3H3/t20-,21+,27?/m0/s1. The van der Waals surface area contributed by atoms with Crippen LogP contribution < -0.4 is 9.64 Å². The molecule has 11 heteroatoms. The maximum atomic E-state index is 13.4. The van der Waals surface area contributed by atoms with E-state index in [4.69, 9.17) is 30.5 Å². The minimum absolute atomic E-state index is 0.00892. The molecule has 5 heterocycles. The molecule has 1 unspecified atom stereocenters. The van der Waals surface area contributed by atoms with Crippen LogP contribution in [-0.2, 0) is 20.8 Å². The first-order valence-corrected chi connectivity index (χ1v) is 15.8. The van der Waals surface area contributed by atoms with E-state index in [1.54, 1.807) is 6.20 Å². The predicted molar refractivity (Wildman–Crippen MR) is 164 cm³/mol. The normalized spacial score (nSPS) is 22.7. The number of hydrogen-bond acceptors (Lipinski definition) is 9. The Morgan fingerprint density at radius 1 is 1.21 bits per heavy atom. The van der Waals surface area contributed by atoms with Crippen LogP contribution >= 0.6 is 22.9 Å². The van der Waals surface area contributed by atoms with Crippen molar-refractivity contribution in [3.8, 4) is 16.9 Å². The molecule has 3 aromatic rings. The number of fused-ring (bicyclic) bond motifs is 2. The lowest BCUT2D eigenvalue weighted by Gasteiger charge is -2.37. The number of carbonyl (C=O) groups is 1. The number of rotatable bonds is 6. The van der Waals surface area contributed by atoms with E-state index in [1.807, 2.05) is 49.9 Å². The Balaban J connectivity index is 1.34. The van der Waals surface area contributed by atoms with Crippen LogP contribution in [0.15, 0.2) is 30.5 Å². The van der Waals surface area contributed by atoms with Crippen molar-refractivity contribution in [1.29, 1.82) is 0 Å². The molecule has 0 radical (unpaired) electrons. The second kappa shape index (κ2) is 12.2. The number of hydrogen-bond donors (Lipinski definition) is 1. The smallest absolute Gasteiger partial charge is 0.410 e. The van der Waals surface area contributed by atoms with E-state index in [0.717, 1.165) is 51.2 Å². The SMILES string of the molecule is CC(C)(C)OC(=O)N1C[C@@H](N2CCOc3cc(Cl)cc(-c4ccnc5cc(CO)sc45)c32)C[C@@H]1COC1CCCCO1. The van der Waals surface area contributed by atoms with Crippen molar-refractivity contribution in [1.82, 2.24) is 9.88 Å². The number of nitrogens with zero attached hydrogens (tertiary/aromatic N) is 3. The van der Waals surface area contributed by atoms with Crippen LogP contribution in [0.4, 0.5) is 10.5 Å². The zero-order valence-corrected chi connectivity index (χ0v) is 25.9. The number of carbonyl (C=O) groups excluding carboxylic acids is 1. The number of thiophene rings is 1. The van der Waals surface area contributed by atoms with E-state index in [0.29, 0.717) is 50.1 Å². The molecule has 2 saturated heterocycles. The average Bonchev–Trinajstić information content (AvgIpc) is 3.59. The lowest BCUT2D eigenvalue weighted by molar-refractivity contribution is -0.168. The molecule has 226 valence electrons. The predicted octanol–water partition coefficient (Wildman–Crippen LogP) is 6.23. The van der Waals surface area contributed by atoms with Crippen LogP contribution in [-0.4, -0.2) is 78.0 Å². The second-order valence-corrected chi connectivity index (χ2v) is 13.7. The summed E-state index contributed by atoms with van der Waals surface area (Å²) >= 11 is 8.16. The first-order chi connectivity index (χ1) is 20.2. The molecule has 0 spiro atoms. The molecule has 0 aliphatic carbocycles. The topological polar surface area (TPSA) is 93.6 Å². The number of anilines is 1. The van der Waals surface area contributed by atoms with Gasteiger partial charge >= 0.3 is 6.09 Å². The number of ether oxygens (including phenoxy) is 4. The number of likely N-dealkylation sites (tertiary alicyclic amines) is 1. The van der Waals surface area contributed by atoms with E-state index in [9.17, 15) is 9.90 Å². The largest absolute Gasteiger partial charge is 0.489 e. The summed E-state index contributed by atoms with van der Waals surface area (Å²) in [5.41, 5.74) is 3.09. The van der Waals surface area contributed by atoms with Gasteiger partial charge in [-0.05, 0) is 64.7 Å². The van der Waals surface area contributed by atoms with Gasteiger partial charge < -0.3 is 33.9 Å². The van der Waals surface area contributed by atoms with Crippen molar-refractivity contribution in [2.24, 2.45) is 0 Å². The maximum absolute atomic E-state index is 13.4. The Bertz CT molecular complexity index is 1440. The molecule has 3 aliphatic heterocycles. The van der Waals surface area contributed by atoms with Crippen LogP contribution in [0.5, 0.6) is 5.75 Å². The Labute approximate surface area is 255 Å². The zero-order chi connectivity index (χ0) is 29.4. The quantitative estimate of drug-likeness (QED) is 0.349. The number of amides is 1. The van der Waals surface area contributed by atoms with Crippen molar-refractivity contribution >= 4 is 44.9 Å². The molecule has 1 N–H and O–H groups in total. The van der Waals surface area contributed by atoms with Gasteiger partial charge in [0.2, 0.25) is 0 Å². The Morgan fingerprint density at radius 2 is 2.07 bits per heavy atom. The molecule has 6 rings (SSSR count). The third kappa shape index (κ3) is 6.19. The summed E-state index contributed by atoms with van der Waals surface area (Å²) in [6.45, 7) is 8.37. The van der Waals surface area contributed by atoms with Gasteiger partial charge in [0, 0.05) is 52.5 Å². The van der Waals surface area contributed by atoms with Gasteiger partial charge in [0.1, 0.15) is 18.0 Å². The van der Waals surface area contributed by atoms with Gasteiger partial charge in [-0.25, -0.2) is 4.79 Å². The van der Waals surface area contributed by atoms with Crippen LogP contribution in [0.1, 0.15) is 51.3 Å². The van der Waals surface area contributed by atoms with Gasteiger partial charge in [0.25, 0.3) is 0 Å². The number of aliphatic hydroxyl groups is 1. The minimum Gasteiger partial charge on any atom is -0.489 e. The minimum atomic E-state index is -0.608. The van der Waals surface area contributed by atoms with Crippen molar-refractivity contribution in [3.63, 3.8) is 0 Å². The molecule has 0 bridgehead atoms. The number of halogens is 1. The van der Waals surface area contributed by atoms with E-state index in [-0.39, 0.29) is 31.1 Å². The number of benzene rings is 1. The highest BCUT2D eigenvalue weighted by Gasteiger charge is 2.42. The summed E-state index contributed by atoms with van der Waals surface area (Å²) in [6, 6.07) is 7.59. The van der Waals surface area contributed by atoms with Gasteiger partial charge in [-0.1, -0.05) is 11.6 Å². The summed E-state index contributed by atoms with van der Waals surface area (Å²) in [5.74, 6) is 0.715. The van der Waals surface area contributed by atoms with Gasteiger partial charge in [-0.3, -0.25) is 4.98 Å². The lowest BCUT2D eigenvalue weighted by Crippen LogP contribution is -2.45. The van der Waals surface area contributed by atoms with Crippen LogP contribution in [0.25, 0.3) is 21.3 Å². The molecule has 3 atom stereocenters. The van der Waals surface area contributed by atoms with Crippen LogP contribution in [0.2, 0.25) is 5.02 Å². The fourth-order valence-corrected chi connectivity index (χ4v) is 7.28. The van der Waals surface area contributed by atoms with Crippen LogP contribution in [0.3, 0.4) is 0 Å². The number of aliphatic hydroxyl groups excluding tert-OH is 1. The third-order valence-corrected chi connectivity index (χ3v) is 9.26. The summed E-state index contributed by atoms with van der Waals surface area (Å²) < 4.78 is 25.0. The second-order valence-electron chi connectivity index (χ2n) is 12.1. The van der Waals surface area contributed by atoms with Crippen molar-refractivity contribution in [2.75, 3.05) is 37.8 Å². The van der Waals surface area contributed by atoms with Gasteiger partial charge in [-0.15, -0.1) is 11.3 Å². The Morgan fingerprint density at radius 3 is 2.83 bits per heavy atom. The third-order valence-electron chi connectivity index (χ3n) is 7.90. The molecule has 0 saturated carbocycles. The molecule has 2 aromatic heterocycles. The summed E-state index contributed by atoms with van der Waals surface area (Å²) in [7, 11) is 0. The molecule has 2 fully saturated rings. The number of aromatic nitrogens is 1. The Kier molecular flexibility index (Phi) is 8.53. The van der Waals surface area contributed by atoms with Crippen LogP contribution in [0, 0.1) is 0 Å². The van der Waals surface area contributed by atoms with Gasteiger partial charge in [0.15, 0.2) is 6.29 Å². The average molecular weight is 616 g/mol. The first-order valence-electron chi connectivity index (χ1n) is 14.6. The fraction of sp³-hybridized carbons (Fsp3) is 0.548. The van der Waals surface area contributed by atoms with Gasteiger partial charge in [0.05, 0.1) is 41.7 Å². The molecule has 9 nitrogen and oxygen atoms in total. The zero-order valence-electron chi connectivity index (χ0n) is 24.3. The fourth-order valence-electron chi connectivity index (χ4n) is 6.08. The van der Waals surface area contributed by atoms with Crippen molar-refractivity contribution in [3.05, 3.63) is 40.4 Å². The molecule has 42 heavy (non-hydrogen) atoms. The summed E-state index contributed by atoms with van der Waals surface area (Å²) in [4.78, 5) is 23.0. The molecular weight excluding hydrogens is 578 g/mol. The molecule has 1 aromatic carbocycles. The maximum Gasteiger partial charge on any atom is 0.410 e. The van der Waals surface area contributed by atoms with Crippen molar-refractivity contribution < 1.29 is 28.8 Å². The summed E-state index contributed by atoms with van der Waals surface area (Å²) in [5, 5.41) is 10.4.